The molecule has 0 N–H and O–H groups in total. The lowest BCUT2D eigenvalue weighted by atomic mass is 9.91. The van der Waals surface area contributed by atoms with Crippen molar-refractivity contribution in [3.63, 3.8) is 0 Å². The van der Waals surface area contributed by atoms with Crippen LogP contribution >= 0.6 is 0 Å². The maximum absolute atomic E-state index is 5.62. The SMILES string of the molecule is CCc1ccc(N(c2ccc(/C=C/c3ccccc3OC)cc2)c2ccc(-c3ccc(-c4ccc(-c5ccc(-c6ccc(N(c7ccc(CC)cc7CC)C7CC=C(/C=C/c8ccccc8OC)CC7)cc6)cc5)cc4)cc3)cc2)c(CC)c1. The number of anilines is 5. The van der Waals surface area contributed by atoms with E-state index >= 15 is 0 Å². The van der Waals surface area contributed by atoms with Crippen LogP contribution in [0.4, 0.5) is 28.4 Å². The van der Waals surface area contributed by atoms with Gasteiger partial charge in [0, 0.05) is 45.6 Å². The van der Waals surface area contributed by atoms with Gasteiger partial charge < -0.3 is 19.3 Å². The zero-order valence-electron chi connectivity index (χ0n) is 49.6. The summed E-state index contributed by atoms with van der Waals surface area (Å²) < 4.78 is 11.2. The lowest BCUT2D eigenvalue weighted by Gasteiger charge is -2.37. The molecule has 0 saturated heterocycles. The van der Waals surface area contributed by atoms with Gasteiger partial charge in [0.25, 0.3) is 0 Å². The van der Waals surface area contributed by atoms with E-state index < -0.39 is 0 Å². The first-order chi connectivity index (χ1) is 41.3. The van der Waals surface area contributed by atoms with Crippen molar-refractivity contribution in [2.45, 2.75) is 78.7 Å². The largest absolute Gasteiger partial charge is 0.496 e. The third-order valence-corrected chi connectivity index (χ3v) is 16.8. The summed E-state index contributed by atoms with van der Waals surface area (Å²) in [7, 11) is 3.45. The number of aryl methyl sites for hydroxylation is 4. The number of hydrogen-bond donors (Lipinski definition) is 0. The Hall–Kier alpha value is -9.38. The van der Waals surface area contributed by atoms with Gasteiger partial charge in [-0.05, 0) is 178 Å². The molecule has 0 saturated carbocycles. The highest BCUT2D eigenvalue weighted by molar-refractivity contribution is 5.83. The van der Waals surface area contributed by atoms with Crippen molar-refractivity contribution >= 4 is 46.7 Å². The first-order valence-corrected chi connectivity index (χ1v) is 30.1. The number of para-hydroxylation sites is 2. The van der Waals surface area contributed by atoms with Crippen LogP contribution in [0.2, 0.25) is 0 Å². The minimum Gasteiger partial charge on any atom is -0.496 e. The molecule has 0 bridgehead atoms. The molecule has 418 valence electrons. The van der Waals surface area contributed by atoms with Crippen molar-refractivity contribution in [1.82, 2.24) is 0 Å². The van der Waals surface area contributed by atoms with E-state index in [1.165, 1.54) is 89.4 Å². The van der Waals surface area contributed by atoms with E-state index in [0.717, 1.165) is 84.5 Å². The van der Waals surface area contributed by atoms with Gasteiger partial charge in [-0.3, -0.25) is 0 Å². The molecule has 1 aliphatic carbocycles. The van der Waals surface area contributed by atoms with Crippen LogP contribution < -0.4 is 19.3 Å². The van der Waals surface area contributed by atoms with Crippen LogP contribution in [-0.4, -0.2) is 20.3 Å². The summed E-state index contributed by atoms with van der Waals surface area (Å²) in [4.78, 5) is 5.02. The summed E-state index contributed by atoms with van der Waals surface area (Å²) in [5.74, 6) is 1.76. The van der Waals surface area contributed by atoms with E-state index in [9.17, 15) is 0 Å². The Morgan fingerprint density at radius 1 is 0.393 bits per heavy atom. The summed E-state index contributed by atoms with van der Waals surface area (Å²) in [6, 6.07) is 84.8. The molecule has 84 heavy (non-hydrogen) atoms. The van der Waals surface area contributed by atoms with Crippen LogP contribution in [0.15, 0.2) is 248 Å². The van der Waals surface area contributed by atoms with E-state index in [0.29, 0.717) is 6.04 Å². The van der Waals surface area contributed by atoms with Gasteiger partial charge in [-0.1, -0.05) is 234 Å². The molecular weight excluding hydrogens is 1020 g/mol. The standard InChI is InChI=1S/C80H76N2O2/c1-7-57-25-53-77(61(9-3)55-57)81(73-45-21-59(22-46-73)19-27-71-15-11-13-17-79(71)83-5)75-49-41-69(42-50-75)67-37-33-65(34-38-67)63-29-31-64(32-30-63)66-35-39-68(40-36-66)70-43-51-76(52-44-70)82(78-54-26-58(8-2)56-62(78)10-4)74-47-23-60(24-48-74)20-28-72-16-12-14-18-80(72)84-6/h11-23,25-46,49-56,74H,7-10,24,47-48H2,1-6H3/b27-19+,28-20+. The van der Waals surface area contributed by atoms with Gasteiger partial charge in [0.2, 0.25) is 0 Å². The van der Waals surface area contributed by atoms with Crippen molar-refractivity contribution in [3.8, 4) is 56.0 Å². The minimum atomic E-state index is 0.351. The van der Waals surface area contributed by atoms with Crippen molar-refractivity contribution in [1.29, 1.82) is 0 Å². The number of nitrogens with zero attached hydrogens (tertiary/aromatic N) is 2. The lowest BCUT2D eigenvalue weighted by molar-refractivity contribution is 0.414. The highest BCUT2D eigenvalue weighted by atomic mass is 16.5. The average molecular weight is 1100 g/mol. The molecule has 0 aromatic heterocycles. The number of rotatable bonds is 20. The molecule has 10 aromatic rings. The molecule has 10 aromatic carbocycles. The number of ether oxygens (including phenoxy) is 2. The monoisotopic (exact) mass is 1100 g/mol. The van der Waals surface area contributed by atoms with Crippen LogP contribution in [0, 0.1) is 0 Å². The fraction of sp³-hybridized carbons (Fsp3) is 0.175. The van der Waals surface area contributed by atoms with E-state index in [1.807, 2.05) is 30.3 Å². The predicted molar refractivity (Wildman–Crippen MR) is 359 cm³/mol. The third kappa shape index (κ3) is 12.8. The van der Waals surface area contributed by atoms with Gasteiger partial charge in [-0.25, -0.2) is 0 Å². The molecule has 0 heterocycles. The summed E-state index contributed by atoms with van der Waals surface area (Å²) in [5, 5.41) is 0. The molecule has 1 atom stereocenters. The molecule has 0 aliphatic heterocycles. The molecular formula is C80H76N2O2. The quantitative estimate of drug-likeness (QED) is 0.0710. The molecule has 0 spiro atoms. The van der Waals surface area contributed by atoms with Crippen LogP contribution in [-0.2, 0) is 25.7 Å². The maximum Gasteiger partial charge on any atom is 0.126 e. The second kappa shape index (κ2) is 26.7. The first kappa shape index (κ1) is 56.5. The van der Waals surface area contributed by atoms with Gasteiger partial charge in [0.1, 0.15) is 11.5 Å². The zero-order chi connectivity index (χ0) is 57.8. The lowest BCUT2D eigenvalue weighted by Crippen LogP contribution is -2.33. The number of methoxy groups -OCH3 is 2. The molecule has 1 aliphatic rings. The van der Waals surface area contributed by atoms with E-state index in [-0.39, 0.29) is 0 Å². The summed E-state index contributed by atoms with van der Waals surface area (Å²) in [6.45, 7) is 9.00. The normalized spacial score (nSPS) is 13.3. The van der Waals surface area contributed by atoms with E-state index in [1.54, 1.807) is 14.2 Å². The maximum atomic E-state index is 5.62. The molecule has 0 fully saturated rings. The van der Waals surface area contributed by atoms with Crippen molar-refractivity contribution in [3.05, 3.63) is 287 Å². The molecule has 11 rings (SSSR count). The third-order valence-electron chi connectivity index (χ3n) is 16.8. The van der Waals surface area contributed by atoms with Gasteiger partial charge in [0.15, 0.2) is 0 Å². The van der Waals surface area contributed by atoms with Gasteiger partial charge in [-0.2, -0.15) is 0 Å². The Bertz CT molecular complexity index is 3910. The number of allylic oxidation sites excluding steroid dienone is 2. The highest BCUT2D eigenvalue weighted by Gasteiger charge is 2.25. The Labute approximate surface area is 499 Å². The zero-order valence-corrected chi connectivity index (χ0v) is 49.6. The Morgan fingerprint density at radius 2 is 0.786 bits per heavy atom. The van der Waals surface area contributed by atoms with Crippen molar-refractivity contribution in [2.24, 2.45) is 0 Å². The van der Waals surface area contributed by atoms with Crippen molar-refractivity contribution < 1.29 is 9.47 Å². The van der Waals surface area contributed by atoms with Crippen LogP contribution in [0.1, 0.15) is 85.9 Å². The Balaban J connectivity index is 0.767. The van der Waals surface area contributed by atoms with Gasteiger partial charge in [-0.15, -0.1) is 0 Å². The molecule has 4 nitrogen and oxygen atoms in total. The van der Waals surface area contributed by atoms with Crippen LogP contribution in [0.5, 0.6) is 11.5 Å². The summed E-state index contributed by atoms with van der Waals surface area (Å²) >= 11 is 0. The minimum absolute atomic E-state index is 0.351. The molecule has 1 unspecified atom stereocenters. The smallest absolute Gasteiger partial charge is 0.126 e. The van der Waals surface area contributed by atoms with Crippen molar-refractivity contribution in [2.75, 3.05) is 24.0 Å². The second-order valence-corrected chi connectivity index (χ2v) is 21.8. The van der Waals surface area contributed by atoms with Gasteiger partial charge >= 0.3 is 0 Å². The second-order valence-electron chi connectivity index (χ2n) is 21.8. The first-order valence-electron chi connectivity index (χ1n) is 30.1. The molecule has 0 radical (unpaired) electrons. The molecule has 4 heteroatoms. The highest BCUT2D eigenvalue weighted by Crippen LogP contribution is 2.41. The van der Waals surface area contributed by atoms with E-state index in [2.05, 4.69) is 268 Å². The fourth-order valence-corrected chi connectivity index (χ4v) is 11.8. The van der Waals surface area contributed by atoms with E-state index in [4.69, 9.17) is 9.47 Å². The Kier molecular flexibility index (Phi) is 17.9. The van der Waals surface area contributed by atoms with Crippen LogP contribution in [0.25, 0.3) is 62.7 Å². The van der Waals surface area contributed by atoms with Gasteiger partial charge in [0.05, 0.1) is 14.2 Å². The summed E-state index contributed by atoms with van der Waals surface area (Å²) in [5.41, 5.74) is 25.7. The topological polar surface area (TPSA) is 24.9 Å². The number of hydrogen-bond acceptors (Lipinski definition) is 4. The molecule has 0 amide bonds. The Morgan fingerprint density at radius 3 is 1.20 bits per heavy atom. The predicted octanol–water partition coefficient (Wildman–Crippen LogP) is 21.6. The van der Waals surface area contributed by atoms with Crippen LogP contribution in [0.3, 0.4) is 0 Å². The fourth-order valence-electron chi connectivity index (χ4n) is 11.8. The number of benzene rings is 10. The summed E-state index contributed by atoms with van der Waals surface area (Å²) in [6.07, 6.45) is 18.2. The average Bonchev–Trinajstić information content (AvgIpc) is 3.24.